The van der Waals surface area contributed by atoms with Crippen molar-refractivity contribution in [2.45, 2.75) is 38.6 Å². The molecule has 1 heterocycles. The van der Waals surface area contributed by atoms with Crippen LogP contribution < -0.4 is 5.32 Å². The Labute approximate surface area is 113 Å². The minimum Gasteiger partial charge on any atom is -0.314 e. The number of benzene rings is 1. The minimum absolute atomic E-state index is 0.601. The van der Waals surface area contributed by atoms with Gasteiger partial charge in [-0.15, -0.1) is 11.3 Å². The van der Waals surface area contributed by atoms with Gasteiger partial charge in [0, 0.05) is 10.7 Å². The van der Waals surface area contributed by atoms with Crippen molar-refractivity contribution in [3.05, 3.63) is 35.2 Å². The van der Waals surface area contributed by atoms with Crippen molar-refractivity contribution in [3.8, 4) is 0 Å². The summed E-state index contributed by atoms with van der Waals surface area (Å²) in [5.74, 6) is 1.61. The number of rotatable bonds is 4. The van der Waals surface area contributed by atoms with E-state index < -0.39 is 0 Å². The molecule has 96 valence electrons. The quantitative estimate of drug-likeness (QED) is 0.858. The summed E-state index contributed by atoms with van der Waals surface area (Å²) < 4.78 is 1.51. The first-order valence-corrected chi connectivity index (χ1v) is 7.83. The van der Waals surface area contributed by atoms with Crippen LogP contribution in [0.1, 0.15) is 38.2 Å². The van der Waals surface area contributed by atoms with Crippen LogP contribution in [0.25, 0.3) is 10.1 Å². The number of nitrogens with one attached hydrogen (secondary N) is 1. The molecule has 3 rings (SSSR count). The van der Waals surface area contributed by atoms with Gasteiger partial charge in [-0.1, -0.05) is 32.0 Å². The maximum absolute atomic E-state index is 3.59. The summed E-state index contributed by atoms with van der Waals surface area (Å²) in [5.41, 5.74) is 1.59. The maximum Gasteiger partial charge on any atom is 0.0377 e. The van der Waals surface area contributed by atoms with Crippen LogP contribution in [0.15, 0.2) is 29.6 Å². The molecule has 0 bridgehead atoms. The molecular formula is C16H21NS. The van der Waals surface area contributed by atoms with Crippen molar-refractivity contribution in [1.82, 2.24) is 5.32 Å². The molecule has 1 N–H and O–H groups in total. The molecule has 2 unspecified atom stereocenters. The molecular weight excluding hydrogens is 238 g/mol. The average Bonchev–Trinajstić information content (AvgIpc) is 2.76. The lowest BCUT2D eigenvalue weighted by molar-refractivity contribution is 0.242. The molecule has 1 fully saturated rings. The molecule has 0 saturated heterocycles. The summed E-state index contributed by atoms with van der Waals surface area (Å²) in [6, 6.07) is 9.63. The van der Waals surface area contributed by atoms with E-state index in [4.69, 9.17) is 0 Å². The van der Waals surface area contributed by atoms with Gasteiger partial charge in [-0.2, -0.15) is 0 Å². The Morgan fingerprint density at radius 1 is 1.28 bits per heavy atom. The molecule has 1 aromatic carbocycles. The highest BCUT2D eigenvalue weighted by molar-refractivity contribution is 7.17. The molecule has 2 atom stereocenters. The van der Waals surface area contributed by atoms with Crippen LogP contribution in [0.3, 0.4) is 0 Å². The van der Waals surface area contributed by atoms with Crippen LogP contribution in [0.5, 0.6) is 0 Å². The van der Waals surface area contributed by atoms with E-state index in [2.05, 4.69) is 48.8 Å². The molecule has 0 spiro atoms. The third-order valence-corrected chi connectivity index (χ3v) is 5.09. The Hall–Kier alpha value is -0.860. The number of hydrogen-bond donors (Lipinski definition) is 1. The zero-order valence-electron chi connectivity index (χ0n) is 11.1. The van der Waals surface area contributed by atoms with Crippen molar-refractivity contribution >= 4 is 21.4 Å². The molecule has 1 nitrogen and oxygen atoms in total. The fourth-order valence-electron chi connectivity index (χ4n) is 2.92. The van der Waals surface area contributed by atoms with Crippen LogP contribution in [-0.2, 0) is 0 Å². The van der Waals surface area contributed by atoms with E-state index >= 15 is 0 Å². The molecule has 0 radical (unpaired) electrons. The fraction of sp³-hybridized carbons (Fsp3) is 0.500. The van der Waals surface area contributed by atoms with E-state index in [9.17, 15) is 0 Å². The lowest BCUT2D eigenvalue weighted by atomic mass is 9.70. The van der Waals surface area contributed by atoms with Crippen LogP contribution in [-0.4, -0.2) is 12.6 Å². The lowest BCUT2D eigenvalue weighted by Gasteiger charge is -2.38. The predicted octanol–water partition coefficient (Wildman–Crippen LogP) is 4.39. The van der Waals surface area contributed by atoms with Crippen molar-refractivity contribution < 1.29 is 0 Å². The van der Waals surface area contributed by atoms with Gasteiger partial charge in [0.1, 0.15) is 0 Å². The van der Waals surface area contributed by atoms with E-state index in [1.54, 1.807) is 5.56 Å². The van der Waals surface area contributed by atoms with Gasteiger partial charge in [-0.25, -0.2) is 0 Å². The summed E-state index contributed by atoms with van der Waals surface area (Å²) in [7, 11) is 0. The smallest absolute Gasteiger partial charge is 0.0377 e. The minimum atomic E-state index is 0.601. The molecule has 2 heteroatoms. The van der Waals surface area contributed by atoms with E-state index in [-0.39, 0.29) is 0 Å². The first-order chi connectivity index (χ1) is 8.75. The second-order valence-electron chi connectivity index (χ2n) is 5.69. The van der Waals surface area contributed by atoms with Crippen molar-refractivity contribution in [1.29, 1.82) is 0 Å². The van der Waals surface area contributed by atoms with Gasteiger partial charge < -0.3 is 5.32 Å². The highest BCUT2D eigenvalue weighted by Crippen LogP contribution is 2.45. The third-order valence-electron chi connectivity index (χ3n) is 4.11. The molecule has 0 aliphatic heterocycles. The van der Waals surface area contributed by atoms with E-state index in [0.29, 0.717) is 6.04 Å². The Kier molecular flexibility index (Phi) is 3.40. The van der Waals surface area contributed by atoms with Gasteiger partial charge in [0.2, 0.25) is 0 Å². The Bertz CT molecular complexity index is 529. The van der Waals surface area contributed by atoms with Crippen molar-refractivity contribution in [3.63, 3.8) is 0 Å². The molecule has 18 heavy (non-hydrogen) atoms. The summed E-state index contributed by atoms with van der Waals surface area (Å²) in [6.45, 7) is 5.63. The van der Waals surface area contributed by atoms with E-state index in [1.165, 1.54) is 29.5 Å². The summed E-state index contributed by atoms with van der Waals surface area (Å²) in [6.07, 6.45) is 2.74. The second-order valence-corrected chi connectivity index (χ2v) is 6.61. The fourth-order valence-corrected chi connectivity index (χ4v) is 3.90. The van der Waals surface area contributed by atoms with Gasteiger partial charge in [-0.05, 0) is 53.6 Å². The topological polar surface area (TPSA) is 12.0 Å². The Morgan fingerprint density at radius 2 is 2.17 bits per heavy atom. The van der Waals surface area contributed by atoms with Gasteiger partial charge in [0.05, 0.1) is 0 Å². The van der Waals surface area contributed by atoms with Crippen LogP contribution in [0, 0.1) is 5.92 Å². The maximum atomic E-state index is 3.59. The highest BCUT2D eigenvalue weighted by Gasteiger charge is 2.32. The summed E-state index contributed by atoms with van der Waals surface area (Å²) in [5, 5.41) is 7.23. The van der Waals surface area contributed by atoms with E-state index in [1.807, 2.05) is 11.3 Å². The van der Waals surface area contributed by atoms with Crippen LogP contribution in [0.2, 0.25) is 0 Å². The first kappa shape index (κ1) is 12.2. The average molecular weight is 259 g/mol. The molecule has 1 aliphatic carbocycles. The molecule has 1 aromatic heterocycles. The lowest BCUT2D eigenvalue weighted by Crippen LogP contribution is -2.36. The Morgan fingerprint density at radius 3 is 2.89 bits per heavy atom. The second kappa shape index (κ2) is 5.02. The third kappa shape index (κ3) is 2.19. The predicted molar refractivity (Wildman–Crippen MR) is 80.4 cm³/mol. The van der Waals surface area contributed by atoms with Crippen LogP contribution >= 0.6 is 11.3 Å². The van der Waals surface area contributed by atoms with Crippen molar-refractivity contribution in [2.75, 3.05) is 6.54 Å². The zero-order chi connectivity index (χ0) is 12.5. The van der Waals surface area contributed by atoms with Gasteiger partial charge >= 0.3 is 0 Å². The Balaban J connectivity index is 1.80. The number of hydrogen-bond acceptors (Lipinski definition) is 2. The number of thiophene rings is 1. The van der Waals surface area contributed by atoms with E-state index in [0.717, 1.165) is 11.8 Å². The van der Waals surface area contributed by atoms with Gasteiger partial charge in [0.25, 0.3) is 0 Å². The molecule has 1 aliphatic rings. The summed E-state index contributed by atoms with van der Waals surface area (Å²) in [4.78, 5) is 0. The number of fused-ring (bicyclic) bond motifs is 1. The van der Waals surface area contributed by atoms with Crippen molar-refractivity contribution in [2.24, 2.45) is 5.92 Å². The largest absolute Gasteiger partial charge is 0.314 e. The molecule has 1 saturated carbocycles. The molecule has 2 aromatic rings. The normalized spacial score (nSPS) is 23.5. The standard InChI is InChI=1S/C16H21NS/c1-11(2)17-10-13-6-7-14(13)15-5-3-4-12-8-9-18-16(12)15/h3-5,8-9,11,13-14,17H,6-7,10H2,1-2H3. The van der Waals surface area contributed by atoms with Gasteiger partial charge in [0.15, 0.2) is 0 Å². The zero-order valence-corrected chi connectivity index (χ0v) is 12.0. The highest BCUT2D eigenvalue weighted by atomic mass is 32.1. The SMILES string of the molecule is CC(C)NCC1CCC1c1cccc2ccsc12. The first-order valence-electron chi connectivity index (χ1n) is 6.95. The van der Waals surface area contributed by atoms with Crippen LogP contribution in [0.4, 0.5) is 0 Å². The summed E-state index contributed by atoms with van der Waals surface area (Å²) >= 11 is 1.90. The van der Waals surface area contributed by atoms with Gasteiger partial charge in [-0.3, -0.25) is 0 Å². The monoisotopic (exact) mass is 259 g/mol. The molecule has 0 amide bonds.